The number of hydrogen-bond acceptors (Lipinski definition) is 4. The largest absolute Gasteiger partial charge is 0.352 e. The zero-order chi connectivity index (χ0) is 15.5. The van der Waals surface area contributed by atoms with E-state index < -0.39 is 10.0 Å². The molecule has 0 unspecified atom stereocenters. The van der Waals surface area contributed by atoms with Crippen molar-refractivity contribution in [3.8, 4) is 0 Å². The predicted molar refractivity (Wildman–Crippen MR) is 82.4 cm³/mol. The molecular weight excluding hydrogens is 290 g/mol. The Kier molecular flexibility index (Phi) is 5.62. The fourth-order valence-electron chi connectivity index (χ4n) is 3.18. The second-order valence-electron chi connectivity index (χ2n) is 6.18. The Labute approximate surface area is 127 Å². The van der Waals surface area contributed by atoms with Crippen molar-refractivity contribution >= 4 is 15.9 Å². The molecule has 2 aliphatic heterocycles. The molecule has 2 rings (SSSR count). The number of amides is 1. The molecule has 122 valence electrons. The SMILES string of the molecule is CCS(=O)(=O)N1CCC(C(=O)N[C@@H]2CCCN(C)C2)CC1. The number of carbonyl (C=O) groups excluding carboxylic acids is 1. The summed E-state index contributed by atoms with van der Waals surface area (Å²) in [6, 6.07) is 0.244. The van der Waals surface area contributed by atoms with Crippen LogP contribution >= 0.6 is 0 Å². The van der Waals surface area contributed by atoms with Crippen LogP contribution in [0, 0.1) is 5.92 Å². The molecule has 0 spiro atoms. The van der Waals surface area contributed by atoms with Gasteiger partial charge in [-0.3, -0.25) is 4.79 Å². The molecule has 0 aromatic heterocycles. The molecular formula is C14H27N3O3S. The molecule has 0 aliphatic carbocycles. The molecule has 2 fully saturated rings. The van der Waals surface area contributed by atoms with E-state index in [1.54, 1.807) is 6.92 Å². The van der Waals surface area contributed by atoms with Crippen molar-refractivity contribution in [1.82, 2.24) is 14.5 Å². The van der Waals surface area contributed by atoms with E-state index in [1.807, 2.05) is 0 Å². The molecule has 2 saturated heterocycles. The van der Waals surface area contributed by atoms with Crippen molar-refractivity contribution < 1.29 is 13.2 Å². The highest BCUT2D eigenvalue weighted by atomic mass is 32.2. The lowest BCUT2D eigenvalue weighted by Gasteiger charge is -2.33. The van der Waals surface area contributed by atoms with Crippen LogP contribution in [0.5, 0.6) is 0 Å². The van der Waals surface area contributed by atoms with E-state index in [0.29, 0.717) is 25.9 Å². The molecule has 0 aromatic rings. The molecule has 1 amide bonds. The lowest BCUT2D eigenvalue weighted by molar-refractivity contribution is -0.127. The second-order valence-corrected chi connectivity index (χ2v) is 8.44. The molecule has 2 heterocycles. The number of likely N-dealkylation sites (N-methyl/N-ethyl adjacent to an activating group) is 1. The number of piperidine rings is 2. The molecule has 6 nitrogen and oxygen atoms in total. The minimum atomic E-state index is -3.11. The van der Waals surface area contributed by atoms with Gasteiger partial charge in [0, 0.05) is 31.6 Å². The molecule has 0 saturated carbocycles. The smallest absolute Gasteiger partial charge is 0.223 e. The normalized spacial score (nSPS) is 26.7. The summed E-state index contributed by atoms with van der Waals surface area (Å²) >= 11 is 0. The number of rotatable bonds is 4. The van der Waals surface area contributed by atoms with Crippen LogP contribution in [0.25, 0.3) is 0 Å². The maximum atomic E-state index is 12.3. The number of carbonyl (C=O) groups is 1. The van der Waals surface area contributed by atoms with Crippen LogP contribution in [-0.4, -0.2) is 68.6 Å². The van der Waals surface area contributed by atoms with Gasteiger partial charge in [0.05, 0.1) is 5.75 Å². The number of sulfonamides is 1. The van der Waals surface area contributed by atoms with Gasteiger partial charge in [0.25, 0.3) is 0 Å². The van der Waals surface area contributed by atoms with Crippen LogP contribution < -0.4 is 5.32 Å². The van der Waals surface area contributed by atoms with Crippen LogP contribution in [0.15, 0.2) is 0 Å². The van der Waals surface area contributed by atoms with Crippen LogP contribution in [-0.2, 0) is 14.8 Å². The standard InChI is InChI=1S/C14H27N3O3S/c1-3-21(19,20)17-9-6-12(7-10-17)14(18)15-13-5-4-8-16(2)11-13/h12-13H,3-11H2,1-2H3,(H,15,18)/t13-/m1/s1. The Hall–Kier alpha value is -0.660. The van der Waals surface area contributed by atoms with Crippen LogP contribution in [0.2, 0.25) is 0 Å². The van der Waals surface area contributed by atoms with Crippen molar-refractivity contribution in [1.29, 1.82) is 0 Å². The molecule has 2 aliphatic rings. The van der Waals surface area contributed by atoms with Gasteiger partial charge in [0.15, 0.2) is 0 Å². The van der Waals surface area contributed by atoms with E-state index in [2.05, 4.69) is 17.3 Å². The van der Waals surface area contributed by atoms with E-state index in [9.17, 15) is 13.2 Å². The third-order valence-corrected chi connectivity index (χ3v) is 6.44. The number of nitrogens with one attached hydrogen (secondary N) is 1. The van der Waals surface area contributed by atoms with E-state index in [0.717, 1.165) is 25.9 Å². The first-order valence-corrected chi connectivity index (χ1v) is 9.50. The van der Waals surface area contributed by atoms with E-state index in [-0.39, 0.29) is 23.6 Å². The van der Waals surface area contributed by atoms with Crippen molar-refractivity contribution in [2.45, 2.75) is 38.6 Å². The second kappa shape index (κ2) is 7.07. The molecule has 0 radical (unpaired) electrons. The van der Waals surface area contributed by atoms with Crippen molar-refractivity contribution in [3.63, 3.8) is 0 Å². The Morgan fingerprint density at radius 1 is 1.19 bits per heavy atom. The maximum Gasteiger partial charge on any atom is 0.223 e. The zero-order valence-electron chi connectivity index (χ0n) is 13.0. The van der Waals surface area contributed by atoms with Gasteiger partial charge in [0.2, 0.25) is 15.9 Å². The topological polar surface area (TPSA) is 69.7 Å². The summed E-state index contributed by atoms with van der Waals surface area (Å²) in [5, 5.41) is 3.14. The van der Waals surface area contributed by atoms with Gasteiger partial charge in [-0.1, -0.05) is 0 Å². The molecule has 1 atom stereocenters. The van der Waals surface area contributed by atoms with Gasteiger partial charge >= 0.3 is 0 Å². The minimum absolute atomic E-state index is 0.0412. The first-order valence-electron chi connectivity index (χ1n) is 7.89. The Morgan fingerprint density at radius 2 is 1.86 bits per heavy atom. The van der Waals surface area contributed by atoms with Crippen molar-refractivity contribution in [3.05, 3.63) is 0 Å². The van der Waals surface area contributed by atoms with Gasteiger partial charge in [-0.2, -0.15) is 0 Å². The summed E-state index contributed by atoms with van der Waals surface area (Å²) < 4.78 is 25.1. The lowest BCUT2D eigenvalue weighted by atomic mass is 9.96. The lowest BCUT2D eigenvalue weighted by Crippen LogP contribution is -2.50. The zero-order valence-corrected chi connectivity index (χ0v) is 13.9. The van der Waals surface area contributed by atoms with Gasteiger partial charge in [-0.15, -0.1) is 0 Å². The quantitative estimate of drug-likeness (QED) is 0.807. The Balaban J connectivity index is 1.80. The number of hydrogen-bond donors (Lipinski definition) is 1. The Bertz CT molecular complexity index is 458. The van der Waals surface area contributed by atoms with E-state index in [1.165, 1.54) is 4.31 Å². The molecule has 0 bridgehead atoms. The average Bonchev–Trinajstić information content (AvgIpc) is 2.47. The van der Waals surface area contributed by atoms with Crippen LogP contribution in [0.4, 0.5) is 0 Å². The summed E-state index contributed by atoms with van der Waals surface area (Å²) in [6.45, 7) is 4.61. The van der Waals surface area contributed by atoms with Gasteiger partial charge < -0.3 is 10.2 Å². The van der Waals surface area contributed by atoms with Crippen molar-refractivity contribution in [2.75, 3.05) is 39.0 Å². The number of likely N-dealkylation sites (tertiary alicyclic amines) is 1. The summed E-state index contributed by atoms with van der Waals surface area (Å²) in [4.78, 5) is 14.5. The fourth-order valence-corrected chi connectivity index (χ4v) is 4.31. The molecule has 1 N–H and O–H groups in total. The monoisotopic (exact) mass is 317 g/mol. The first-order chi connectivity index (χ1) is 9.92. The van der Waals surface area contributed by atoms with Gasteiger partial charge in [0.1, 0.15) is 0 Å². The van der Waals surface area contributed by atoms with Gasteiger partial charge in [-0.25, -0.2) is 12.7 Å². The van der Waals surface area contributed by atoms with E-state index in [4.69, 9.17) is 0 Å². The molecule has 0 aromatic carbocycles. The van der Waals surface area contributed by atoms with E-state index >= 15 is 0 Å². The first kappa shape index (κ1) is 16.7. The highest BCUT2D eigenvalue weighted by Gasteiger charge is 2.31. The fraction of sp³-hybridized carbons (Fsp3) is 0.929. The highest BCUT2D eigenvalue weighted by Crippen LogP contribution is 2.20. The Morgan fingerprint density at radius 3 is 2.43 bits per heavy atom. The highest BCUT2D eigenvalue weighted by molar-refractivity contribution is 7.89. The summed E-state index contributed by atoms with van der Waals surface area (Å²) in [7, 11) is -1.03. The predicted octanol–water partition coefficient (Wildman–Crippen LogP) is 0.259. The molecule has 7 heteroatoms. The maximum absolute atomic E-state index is 12.3. The summed E-state index contributed by atoms with van der Waals surface area (Å²) in [5.74, 6) is 0.197. The third-order valence-electron chi connectivity index (χ3n) is 4.55. The van der Waals surface area contributed by atoms with Gasteiger partial charge in [-0.05, 0) is 46.2 Å². The third kappa shape index (κ3) is 4.40. The number of nitrogens with zero attached hydrogens (tertiary/aromatic N) is 2. The average molecular weight is 317 g/mol. The van der Waals surface area contributed by atoms with Crippen molar-refractivity contribution in [2.24, 2.45) is 5.92 Å². The summed E-state index contributed by atoms with van der Waals surface area (Å²) in [5.41, 5.74) is 0. The van der Waals surface area contributed by atoms with Crippen LogP contribution in [0.3, 0.4) is 0 Å². The summed E-state index contributed by atoms with van der Waals surface area (Å²) in [6.07, 6.45) is 3.43. The molecule has 21 heavy (non-hydrogen) atoms. The van der Waals surface area contributed by atoms with Crippen LogP contribution in [0.1, 0.15) is 32.6 Å². The minimum Gasteiger partial charge on any atom is -0.352 e.